The van der Waals surface area contributed by atoms with Crippen molar-refractivity contribution >= 4 is 16.7 Å². The SMILES string of the molecule is [c]1ccc(CCc2n[nH]c3ccnc(NC4CCCCC4)c23)cc1. The van der Waals surface area contributed by atoms with E-state index >= 15 is 0 Å². The normalized spacial score (nSPS) is 15.7. The van der Waals surface area contributed by atoms with Gasteiger partial charge < -0.3 is 5.32 Å². The molecule has 1 saturated carbocycles. The highest BCUT2D eigenvalue weighted by atomic mass is 15.1. The maximum atomic E-state index is 4.61. The summed E-state index contributed by atoms with van der Waals surface area (Å²) in [5, 5.41) is 12.5. The van der Waals surface area contributed by atoms with Crippen LogP contribution in [0.5, 0.6) is 0 Å². The largest absolute Gasteiger partial charge is 0.367 e. The van der Waals surface area contributed by atoms with E-state index in [9.17, 15) is 0 Å². The fourth-order valence-corrected chi connectivity index (χ4v) is 3.61. The molecule has 3 aromatic rings. The molecule has 0 saturated heterocycles. The average molecular weight is 319 g/mol. The van der Waals surface area contributed by atoms with Gasteiger partial charge in [0.15, 0.2) is 0 Å². The number of nitrogens with zero attached hydrogens (tertiary/aromatic N) is 2. The molecule has 2 N–H and O–H groups in total. The lowest BCUT2D eigenvalue weighted by molar-refractivity contribution is 0.462. The Balaban J connectivity index is 1.57. The van der Waals surface area contributed by atoms with E-state index in [4.69, 9.17) is 0 Å². The van der Waals surface area contributed by atoms with E-state index in [2.05, 4.69) is 38.7 Å². The van der Waals surface area contributed by atoms with E-state index < -0.39 is 0 Å². The summed E-state index contributed by atoms with van der Waals surface area (Å²) in [7, 11) is 0. The van der Waals surface area contributed by atoms with Crippen molar-refractivity contribution in [3.05, 3.63) is 53.9 Å². The van der Waals surface area contributed by atoms with Crippen molar-refractivity contribution in [3.8, 4) is 0 Å². The zero-order valence-corrected chi connectivity index (χ0v) is 13.9. The van der Waals surface area contributed by atoms with Gasteiger partial charge in [-0.15, -0.1) is 0 Å². The molecule has 0 unspecified atom stereocenters. The third-order valence-corrected chi connectivity index (χ3v) is 4.93. The predicted octanol–water partition coefficient (Wildman–Crippen LogP) is 4.29. The molecule has 4 heteroatoms. The van der Waals surface area contributed by atoms with Gasteiger partial charge in [0.25, 0.3) is 0 Å². The van der Waals surface area contributed by atoms with Gasteiger partial charge in [-0.3, -0.25) is 5.10 Å². The molecule has 4 rings (SSSR count). The van der Waals surface area contributed by atoms with Crippen LogP contribution >= 0.6 is 0 Å². The predicted molar refractivity (Wildman–Crippen MR) is 97.1 cm³/mol. The van der Waals surface area contributed by atoms with Crippen LogP contribution < -0.4 is 5.32 Å². The molecule has 0 bridgehead atoms. The van der Waals surface area contributed by atoms with Gasteiger partial charge in [0.05, 0.1) is 16.6 Å². The van der Waals surface area contributed by atoms with Gasteiger partial charge in [0.1, 0.15) is 5.82 Å². The Morgan fingerprint density at radius 1 is 1.08 bits per heavy atom. The smallest absolute Gasteiger partial charge is 0.137 e. The van der Waals surface area contributed by atoms with Crippen molar-refractivity contribution in [1.82, 2.24) is 15.2 Å². The Labute approximate surface area is 142 Å². The minimum absolute atomic E-state index is 0.546. The number of fused-ring (bicyclic) bond motifs is 1. The van der Waals surface area contributed by atoms with Crippen LogP contribution in [-0.4, -0.2) is 21.2 Å². The third kappa shape index (κ3) is 3.28. The molecule has 0 amide bonds. The summed E-state index contributed by atoms with van der Waals surface area (Å²) < 4.78 is 0. The molecule has 2 aromatic heterocycles. The first-order valence-corrected chi connectivity index (χ1v) is 8.93. The van der Waals surface area contributed by atoms with E-state index in [1.807, 2.05) is 24.4 Å². The van der Waals surface area contributed by atoms with Crippen LogP contribution in [0.2, 0.25) is 0 Å². The average Bonchev–Trinajstić information content (AvgIpc) is 3.06. The Morgan fingerprint density at radius 3 is 2.75 bits per heavy atom. The number of pyridine rings is 1. The number of aromatic amines is 1. The van der Waals surface area contributed by atoms with E-state index in [0.717, 1.165) is 35.3 Å². The zero-order valence-electron chi connectivity index (χ0n) is 13.9. The number of aryl methyl sites for hydroxylation is 2. The topological polar surface area (TPSA) is 53.6 Å². The van der Waals surface area contributed by atoms with Crippen molar-refractivity contribution in [1.29, 1.82) is 0 Å². The number of anilines is 1. The molecule has 2 heterocycles. The van der Waals surface area contributed by atoms with E-state index in [1.54, 1.807) is 0 Å². The molecule has 0 aliphatic heterocycles. The summed E-state index contributed by atoms with van der Waals surface area (Å²) in [6.45, 7) is 0. The number of hydrogen-bond acceptors (Lipinski definition) is 3. The fraction of sp³-hybridized carbons (Fsp3) is 0.400. The number of benzene rings is 1. The maximum absolute atomic E-state index is 4.61. The second-order valence-corrected chi connectivity index (χ2v) is 6.64. The van der Waals surface area contributed by atoms with E-state index in [1.165, 1.54) is 37.7 Å². The first kappa shape index (κ1) is 15.2. The van der Waals surface area contributed by atoms with Crippen molar-refractivity contribution in [3.63, 3.8) is 0 Å². The minimum Gasteiger partial charge on any atom is -0.367 e. The number of aromatic nitrogens is 3. The Kier molecular flexibility index (Phi) is 4.45. The molecule has 4 nitrogen and oxygen atoms in total. The molecule has 1 fully saturated rings. The quantitative estimate of drug-likeness (QED) is 0.737. The molecule has 24 heavy (non-hydrogen) atoms. The van der Waals surface area contributed by atoms with Gasteiger partial charge in [0, 0.05) is 12.2 Å². The summed E-state index contributed by atoms with van der Waals surface area (Å²) in [4.78, 5) is 4.61. The Bertz CT molecular complexity index is 788. The molecule has 1 aliphatic carbocycles. The van der Waals surface area contributed by atoms with Crippen LogP contribution in [0, 0.1) is 6.07 Å². The Morgan fingerprint density at radius 2 is 1.92 bits per heavy atom. The molecule has 1 aromatic carbocycles. The van der Waals surface area contributed by atoms with Crippen molar-refractivity contribution in [2.45, 2.75) is 51.0 Å². The van der Waals surface area contributed by atoms with Crippen LogP contribution in [0.15, 0.2) is 36.5 Å². The van der Waals surface area contributed by atoms with Gasteiger partial charge in [-0.2, -0.15) is 5.10 Å². The molecule has 0 spiro atoms. The van der Waals surface area contributed by atoms with Crippen LogP contribution in [0.3, 0.4) is 0 Å². The zero-order chi connectivity index (χ0) is 16.2. The number of hydrogen-bond donors (Lipinski definition) is 2. The van der Waals surface area contributed by atoms with E-state index in [0.29, 0.717) is 6.04 Å². The van der Waals surface area contributed by atoms with Gasteiger partial charge in [-0.05, 0) is 43.4 Å². The maximum Gasteiger partial charge on any atom is 0.137 e. The third-order valence-electron chi connectivity index (χ3n) is 4.93. The molecular formula is C20H23N4. The summed E-state index contributed by atoms with van der Waals surface area (Å²) in [6.07, 6.45) is 10.2. The summed E-state index contributed by atoms with van der Waals surface area (Å²) in [5.74, 6) is 0.990. The second-order valence-electron chi connectivity index (χ2n) is 6.64. The van der Waals surface area contributed by atoms with Crippen molar-refractivity contribution < 1.29 is 0 Å². The lowest BCUT2D eigenvalue weighted by Gasteiger charge is -2.23. The molecule has 123 valence electrons. The van der Waals surface area contributed by atoms with Crippen molar-refractivity contribution in [2.75, 3.05) is 5.32 Å². The highest BCUT2D eigenvalue weighted by Crippen LogP contribution is 2.27. The lowest BCUT2D eigenvalue weighted by atomic mass is 9.95. The standard InChI is InChI=1S/C20H23N4/c1-3-7-15(8-4-1)11-12-17-19-18(24-23-17)13-14-21-20(19)22-16-9-5-2-6-10-16/h3-4,7-8,13-14,16H,2,5-6,9-12H2,(H,21,22)(H,23,24). The number of nitrogens with one attached hydrogen (secondary N) is 2. The first-order chi connectivity index (χ1) is 11.9. The highest BCUT2D eigenvalue weighted by Gasteiger charge is 2.17. The summed E-state index contributed by atoms with van der Waals surface area (Å²) in [5.41, 5.74) is 3.49. The van der Waals surface area contributed by atoms with Crippen LogP contribution in [0.1, 0.15) is 43.4 Å². The lowest BCUT2D eigenvalue weighted by Crippen LogP contribution is -2.23. The summed E-state index contributed by atoms with van der Waals surface area (Å²) >= 11 is 0. The molecule has 0 atom stereocenters. The van der Waals surface area contributed by atoms with Gasteiger partial charge in [0.2, 0.25) is 0 Å². The molecule has 1 radical (unpaired) electrons. The van der Waals surface area contributed by atoms with Crippen LogP contribution in [0.4, 0.5) is 5.82 Å². The van der Waals surface area contributed by atoms with Gasteiger partial charge in [-0.25, -0.2) is 4.98 Å². The monoisotopic (exact) mass is 319 g/mol. The number of rotatable bonds is 5. The second kappa shape index (κ2) is 7.04. The van der Waals surface area contributed by atoms with Gasteiger partial charge >= 0.3 is 0 Å². The van der Waals surface area contributed by atoms with Gasteiger partial charge in [-0.1, -0.05) is 43.5 Å². The van der Waals surface area contributed by atoms with Crippen LogP contribution in [0.25, 0.3) is 10.9 Å². The number of H-pyrrole nitrogens is 1. The molecule has 1 aliphatic rings. The van der Waals surface area contributed by atoms with Crippen LogP contribution in [-0.2, 0) is 12.8 Å². The fourth-order valence-electron chi connectivity index (χ4n) is 3.61. The van der Waals surface area contributed by atoms with Crippen molar-refractivity contribution in [2.24, 2.45) is 0 Å². The first-order valence-electron chi connectivity index (χ1n) is 8.93. The summed E-state index contributed by atoms with van der Waals surface area (Å²) in [6, 6.07) is 13.8. The highest BCUT2D eigenvalue weighted by molar-refractivity contribution is 5.91. The Hall–Kier alpha value is -2.36. The molecular weight excluding hydrogens is 296 g/mol. The van der Waals surface area contributed by atoms with E-state index in [-0.39, 0.29) is 0 Å². The minimum atomic E-state index is 0.546.